The highest BCUT2D eigenvalue weighted by Gasteiger charge is 2.52. The zero-order valence-electron chi connectivity index (χ0n) is 14.9. The molecule has 0 spiro atoms. The number of hydrogen-bond donors (Lipinski definition) is 1. The third kappa shape index (κ3) is 3.04. The topological polar surface area (TPSA) is 82.1 Å². The molecule has 1 fully saturated rings. The number of esters is 2. The number of carbonyl (C=O) groups excluding carboxylic acids is 2. The maximum absolute atomic E-state index is 12.2. The molecule has 3 heterocycles. The van der Waals surface area contributed by atoms with Gasteiger partial charge in [0, 0.05) is 12.0 Å². The number of rotatable bonds is 2. The third-order valence-electron chi connectivity index (χ3n) is 5.04. The second kappa shape index (κ2) is 5.81. The van der Waals surface area contributed by atoms with Gasteiger partial charge < -0.3 is 19.3 Å². The Kier molecular flexibility index (Phi) is 4.16. The van der Waals surface area contributed by atoms with Crippen LogP contribution in [0.3, 0.4) is 0 Å². The summed E-state index contributed by atoms with van der Waals surface area (Å²) in [4.78, 5) is 24.3. The summed E-state index contributed by atoms with van der Waals surface area (Å²) < 4.78 is 17.0. The van der Waals surface area contributed by atoms with Crippen LogP contribution in [0.4, 0.5) is 0 Å². The number of hydrogen-bond acceptors (Lipinski definition) is 6. The average molecular weight is 348 g/mol. The summed E-state index contributed by atoms with van der Waals surface area (Å²) in [5.74, 6) is -3.26. The van der Waals surface area contributed by atoms with Gasteiger partial charge in [0.25, 0.3) is 0 Å². The molecule has 3 aliphatic rings. The van der Waals surface area contributed by atoms with Crippen LogP contribution in [0.25, 0.3) is 0 Å². The van der Waals surface area contributed by atoms with Crippen LogP contribution in [0.5, 0.6) is 0 Å². The first-order chi connectivity index (χ1) is 11.5. The van der Waals surface area contributed by atoms with Gasteiger partial charge in [0.15, 0.2) is 0 Å². The molecule has 3 aliphatic heterocycles. The molecule has 25 heavy (non-hydrogen) atoms. The predicted molar refractivity (Wildman–Crippen MR) is 89.2 cm³/mol. The molecule has 0 aliphatic carbocycles. The Labute approximate surface area is 147 Å². The number of carbonyl (C=O) groups is 2. The highest BCUT2D eigenvalue weighted by Crippen LogP contribution is 2.44. The fourth-order valence-electron chi connectivity index (χ4n) is 3.51. The van der Waals surface area contributed by atoms with E-state index in [1.165, 1.54) is 0 Å². The molecule has 5 atom stereocenters. The van der Waals surface area contributed by atoms with Crippen LogP contribution in [0.15, 0.2) is 36.0 Å². The Morgan fingerprint density at radius 3 is 2.76 bits per heavy atom. The quantitative estimate of drug-likeness (QED) is 0.467. The number of aliphatic hydroxyl groups is 1. The van der Waals surface area contributed by atoms with Gasteiger partial charge in [-0.25, -0.2) is 4.79 Å². The lowest BCUT2D eigenvalue weighted by molar-refractivity contribution is -0.190. The van der Waals surface area contributed by atoms with Crippen molar-refractivity contribution in [3.05, 3.63) is 36.0 Å². The standard InChI is InChI=1S/C19H24O6/c1-10(2)16(20)24-14-9-18(5)6-7-19(22,25-18)11(3)8-13-15(14)12(4)17(21)23-13/h6-8,10,13-15,22H,4,9H2,1-3,5H3/b11-8-/t13-,14?,15?,18-,19+/m0/s1. The smallest absolute Gasteiger partial charge is 0.334 e. The Bertz CT molecular complexity index is 690. The van der Waals surface area contributed by atoms with Gasteiger partial charge in [-0.3, -0.25) is 4.79 Å². The SMILES string of the molecule is C=C1C(=O)O[C@H]2/C=C(/C)[C@@]3(O)C=C[C@@](C)(CC(OC(=O)C(C)C)C12)O3. The molecular formula is C19H24O6. The average Bonchev–Trinajstić information content (AvgIpc) is 2.97. The second-order valence-corrected chi connectivity index (χ2v) is 7.55. The van der Waals surface area contributed by atoms with Gasteiger partial charge in [0.2, 0.25) is 5.79 Å². The lowest BCUT2D eigenvalue weighted by Crippen LogP contribution is -2.41. The molecule has 6 heteroatoms. The molecule has 0 amide bonds. The van der Waals surface area contributed by atoms with Crippen molar-refractivity contribution >= 4 is 11.9 Å². The van der Waals surface area contributed by atoms with Crippen LogP contribution in [0, 0.1) is 11.8 Å². The van der Waals surface area contributed by atoms with Gasteiger partial charge in [0.1, 0.15) is 12.2 Å². The highest BCUT2D eigenvalue weighted by molar-refractivity contribution is 5.91. The summed E-state index contributed by atoms with van der Waals surface area (Å²) in [5, 5.41) is 10.7. The molecule has 3 rings (SSSR count). The summed E-state index contributed by atoms with van der Waals surface area (Å²) in [6.45, 7) is 10.9. The van der Waals surface area contributed by atoms with E-state index in [1.54, 1.807) is 39.0 Å². The molecule has 1 saturated heterocycles. The summed E-state index contributed by atoms with van der Waals surface area (Å²) in [6, 6.07) is 0. The molecule has 0 aromatic rings. The molecule has 0 aromatic heterocycles. The van der Waals surface area contributed by atoms with Gasteiger partial charge in [0.05, 0.1) is 17.4 Å². The van der Waals surface area contributed by atoms with Crippen molar-refractivity contribution in [3.8, 4) is 0 Å². The van der Waals surface area contributed by atoms with Gasteiger partial charge in [-0.2, -0.15) is 0 Å². The summed E-state index contributed by atoms with van der Waals surface area (Å²) >= 11 is 0. The monoisotopic (exact) mass is 348 g/mol. The molecule has 0 saturated carbocycles. The summed E-state index contributed by atoms with van der Waals surface area (Å²) in [6.07, 6.45) is 3.96. The molecule has 0 radical (unpaired) electrons. The molecular weight excluding hydrogens is 324 g/mol. The largest absolute Gasteiger partial charge is 0.461 e. The van der Waals surface area contributed by atoms with Crippen LogP contribution in [-0.4, -0.2) is 40.6 Å². The van der Waals surface area contributed by atoms with Crippen molar-refractivity contribution in [3.63, 3.8) is 0 Å². The zero-order chi connectivity index (χ0) is 18.6. The van der Waals surface area contributed by atoms with E-state index in [-0.39, 0.29) is 23.9 Å². The van der Waals surface area contributed by atoms with E-state index in [1.807, 2.05) is 6.92 Å². The van der Waals surface area contributed by atoms with E-state index in [9.17, 15) is 14.7 Å². The Balaban J connectivity index is 2.04. The molecule has 136 valence electrons. The van der Waals surface area contributed by atoms with E-state index in [0.717, 1.165) is 0 Å². The Morgan fingerprint density at radius 1 is 1.44 bits per heavy atom. The fraction of sp³-hybridized carbons (Fsp3) is 0.579. The molecule has 2 unspecified atom stereocenters. The summed E-state index contributed by atoms with van der Waals surface area (Å²) in [7, 11) is 0. The molecule has 2 bridgehead atoms. The number of fused-ring (bicyclic) bond motifs is 3. The predicted octanol–water partition coefficient (Wildman–Crippen LogP) is 2.04. The normalized spacial score (nSPS) is 42.2. The van der Waals surface area contributed by atoms with Crippen LogP contribution >= 0.6 is 0 Å². The lowest BCUT2D eigenvalue weighted by atomic mass is 9.83. The molecule has 1 N–H and O–H groups in total. The minimum absolute atomic E-state index is 0.271. The van der Waals surface area contributed by atoms with E-state index in [2.05, 4.69) is 6.58 Å². The van der Waals surface area contributed by atoms with Crippen molar-refractivity contribution in [2.75, 3.05) is 0 Å². The van der Waals surface area contributed by atoms with Crippen molar-refractivity contribution in [1.29, 1.82) is 0 Å². The van der Waals surface area contributed by atoms with Crippen molar-refractivity contribution in [2.24, 2.45) is 11.8 Å². The van der Waals surface area contributed by atoms with Crippen LogP contribution < -0.4 is 0 Å². The van der Waals surface area contributed by atoms with Crippen LogP contribution in [-0.2, 0) is 23.8 Å². The Hall–Kier alpha value is -1.92. The molecule has 6 nitrogen and oxygen atoms in total. The fourth-order valence-corrected chi connectivity index (χ4v) is 3.51. The summed E-state index contributed by atoms with van der Waals surface area (Å²) in [5.41, 5.74) is -0.0548. The lowest BCUT2D eigenvalue weighted by Gasteiger charge is -2.33. The minimum Gasteiger partial charge on any atom is -0.461 e. The molecule has 0 aromatic carbocycles. The third-order valence-corrected chi connectivity index (χ3v) is 5.04. The first-order valence-electron chi connectivity index (χ1n) is 8.47. The van der Waals surface area contributed by atoms with Crippen molar-refractivity contribution in [2.45, 2.75) is 57.7 Å². The maximum atomic E-state index is 12.2. The van der Waals surface area contributed by atoms with Gasteiger partial charge in [-0.15, -0.1) is 0 Å². The minimum atomic E-state index is -1.56. The maximum Gasteiger partial charge on any atom is 0.334 e. The Morgan fingerprint density at radius 2 is 2.12 bits per heavy atom. The van der Waals surface area contributed by atoms with E-state index >= 15 is 0 Å². The van der Waals surface area contributed by atoms with Crippen molar-refractivity contribution in [1.82, 2.24) is 0 Å². The van der Waals surface area contributed by atoms with E-state index in [0.29, 0.717) is 5.57 Å². The van der Waals surface area contributed by atoms with Gasteiger partial charge in [-0.1, -0.05) is 26.5 Å². The van der Waals surface area contributed by atoms with Crippen LogP contribution in [0.1, 0.15) is 34.1 Å². The number of ether oxygens (including phenoxy) is 3. The first kappa shape index (κ1) is 17.9. The highest BCUT2D eigenvalue weighted by atomic mass is 16.6. The second-order valence-electron chi connectivity index (χ2n) is 7.55. The first-order valence-corrected chi connectivity index (χ1v) is 8.47. The van der Waals surface area contributed by atoms with Gasteiger partial charge in [-0.05, 0) is 31.6 Å². The van der Waals surface area contributed by atoms with E-state index < -0.39 is 35.5 Å². The van der Waals surface area contributed by atoms with Crippen molar-refractivity contribution < 1.29 is 28.9 Å². The van der Waals surface area contributed by atoms with Gasteiger partial charge >= 0.3 is 11.9 Å². The zero-order valence-corrected chi connectivity index (χ0v) is 14.9. The van der Waals surface area contributed by atoms with E-state index in [4.69, 9.17) is 14.2 Å². The van der Waals surface area contributed by atoms with Crippen LogP contribution in [0.2, 0.25) is 0 Å².